The van der Waals surface area contributed by atoms with Crippen molar-refractivity contribution in [2.75, 3.05) is 23.3 Å². The van der Waals surface area contributed by atoms with Crippen molar-refractivity contribution in [3.05, 3.63) is 34.7 Å². The van der Waals surface area contributed by atoms with E-state index in [1.54, 1.807) is 26.2 Å². The lowest BCUT2D eigenvalue weighted by Gasteiger charge is -2.32. The van der Waals surface area contributed by atoms with Crippen LogP contribution in [0, 0.1) is 0 Å². The number of piperidine rings is 1. The molecule has 30 heavy (non-hydrogen) atoms. The highest BCUT2D eigenvalue weighted by molar-refractivity contribution is 6.34. The lowest BCUT2D eigenvalue weighted by molar-refractivity contribution is 0.0578. The van der Waals surface area contributed by atoms with Crippen LogP contribution < -0.4 is 10.2 Å². The van der Waals surface area contributed by atoms with Gasteiger partial charge in [0.05, 0.1) is 46.4 Å². The number of rotatable bonds is 5. The third-order valence-corrected chi connectivity index (χ3v) is 5.71. The van der Waals surface area contributed by atoms with Crippen molar-refractivity contribution in [2.45, 2.75) is 44.9 Å². The van der Waals surface area contributed by atoms with E-state index in [1.165, 1.54) is 4.68 Å². The van der Waals surface area contributed by atoms with E-state index in [0.717, 1.165) is 42.5 Å². The Morgan fingerprint density at radius 2 is 1.93 bits per heavy atom. The Hall–Kier alpha value is -2.13. The third kappa shape index (κ3) is 4.62. The molecule has 3 heterocycles. The molecule has 0 aliphatic carbocycles. The second-order valence-electron chi connectivity index (χ2n) is 8.22. The molecule has 0 bridgehead atoms. The van der Waals surface area contributed by atoms with E-state index in [-0.39, 0.29) is 12.6 Å². The number of benzene rings is 1. The number of nitrogens with zero attached hydrogens (tertiary/aromatic N) is 5. The lowest BCUT2D eigenvalue weighted by Crippen LogP contribution is -2.35. The Balaban J connectivity index is 1.59. The quantitative estimate of drug-likeness (QED) is 0.545. The Morgan fingerprint density at radius 1 is 1.20 bits per heavy atom. The van der Waals surface area contributed by atoms with Gasteiger partial charge >= 0.3 is 0 Å². The molecule has 2 aromatic heterocycles. The molecule has 1 fully saturated rings. The van der Waals surface area contributed by atoms with Gasteiger partial charge in [0, 0.05) is 24.7 Å². The van der Waals surface area contributed by atoms with Crippen LogP contribution in [0.5, 0.6) is 0 Å². The molecule has 8 nitrogen and oxygen atoms in total. The monoisotopic (exact) mass is 450 g/mol. The highest BCUT2D eigenvalue weighted by Gasteiger charge is 2.21. The summed E-state index contributed by atoms with van der Waals surface area (Å²) in [5.74, 6) is 0.384. The first-order valence-corrected chi connectivity index (χ1v) is 10.6. The number of halogens is 2. The molecule has 1 saturated heterocycles. The van der Waals surface area contributed by atoms with Gasteiger partial charge in [0.25, 0.3) is 0 Å². The smallest absolute Gasteiger partial charge is 0.227 e. The van der Waals surface area contributed by atoms with Crippen LogP contribution in [0.3, 0.4) is 0 Å². The van der Waals surface area contributed by atoms with Crippen LogP contribution in [0.4, 0.5) is 17.3 Å². The van der Waals surface area contributed by atoms with Gasteiger partial charge in [0.15, 0.2) is 5.15 Å². The molecule has 1 aliphatic heterocycles. The average Bonchev–Trinajstić information content (AvgIpc) is 3.00. The minimum Gasteiger partial charge on any atom is -0.393 e. The molecule has 0 saturated carbocycles. The molecule has 4 rings (SSSR count). The van der Waals surface area contributed by atoms with E-state index in [4.69, 9.17) is 23.2 Å². The van der Waals surface area contributed by atoms with E-state index < -0.39 is 5.60 Å². The summed E-state index contributed by atoms with van der Waals surface area (Å²) in [4.78, 5) is 11.1. The van der Waals surface area contributed by atoms with Gasteiger partial charge in [0.2, 0.25) is 5.95 Å². The molecule has 0 radical (unpaired) electrons. The van der Waals surface area contributed by atoms with Gasteiger partial charge in [-0.3, -0.25) is 0 Å². The second kappa shape index (κ2) is 8.19. The molecule has 10 heteroatoms. The number of hydrogen-bond donors (Lipinski definition) is 3. The summed E-state index contributed by atoms with van der Waals surface area (Å²) in [6.45, 7) is 5.14. The van der Waals surface area contributed by atoms with E-state index in [0.29, 0.717) is 21.8 Å². The van der Waals surface area contributed by atoms with Crippen LogP contribution in [0.15, 0.2) is 24.5 Å². The fraction of sp³-hybridized carbons (Fsp3) is 0.450. The highest BCUT2D eigenvalue weighted by Crippen LogP contribution is 2.33. The van der Waals surface area contributed by atoms with Crippen LogP contribution in [-0.4, -0.2) is 54.8 Å². The lowest BCUT2D eigenvalue weighted by atomic mass is 10.1. The number of aromatic nitrogens is 4. The molecule has 1 aliphatic rings. The first-order chi connectivity index (χ1) is 14.2. The minimum absolute atomic E-state index is 0.249. The first kappa shape index (κ1) is 21.1. The summed E-state index contributed by atoms with van der Waals surface area (Å²) in [5.41, 5.74) is 1.27. The van der Waals surface area contributed by atoms with Crippen molar-refractivity contribution < 1.29 is 10.2 Å². The van der Waals surface area contributed by atoms with Crippen LogP contribution in [0.25, 0.3) is 10.9 Å². The largest absolute Gasteiger partial charge is 0.393 e. The Kier molecular flexibility index (Phi) is 5.76. The highest BCUT2D eigenvalue weighted by atomic mass is 35.5. The van der Waals surface area contributed by atoms with Gasteiger partial charge in [-0.2, -0.15) is 5.10 Å². The summed E-state index contributed by atoms with van der Waals surface area (Å²) in [5, 5.41) is 28.9. The SMILES string of the molecule is CC(C)(O)Cn1ncc(Nc2ncc3cc(Cl)c(N4CCC(O)CC4)cc3n2)c1Cl. The minimum atomic E-state index is -0.938. The number of anilines is 3. The zero-order valence-electron chi connectivity index (χ0n) is 16.8. The molecule has 3 N–H and O–H groups in total. The Labute approximate surface area is 184 Å². The predicted octanol–water partition coefficient (Wildman–Crippen LogP) is 3.61. The molecular weight excluding hydrogens is 427 g/mol. The molecule has 1 aromatic carbocycles. The molecule has 160 valence electrons. The van der Waals surface area contributed by atoms with Crippen LogP contribution in [0.1, 0.15) is 26.7 Å². The fourth-order valence-electron chi connectivity index (χ4n) is 3.50. The zero-order chi connectivity index (χ0) is 21.5. The van der Waals surface area contributed by atoms with Crippen LogP contribution in [-0.2, 0) is 6.54 Å². The van der Waals surface area contributed by atoms with E-state index in [9.17, 15) is 10.2 Å². The number of fused-ring (bicyclic) bond motifs is 1. The molecule has 0 amide bonds. The average molecular weight is 451 g/mol. The van der Waals surface area contributed by atoms with Crippen LogP contribution >= 0.6 is 23.2 Å². The summed E-state index contributed by atoms with van der Waals surface area (Å²) in [6, 6.07) is 3.80. The summed E-state index contributed by atoms with van der Waals surface area (Å²) >= 11 is 12.9. The molecule has 3 aromatic rings. The predicted molar refractivity (Wildman–Crippen MR) is 119 cm³/mol. The van der Waals surface area contributed by atoms with Crippen molar-refractivity contribution in [1.29, 1.82) is 0 Å². The number of aliphatic hydroxyl groups excluding tert-OH is 1. The standard InChI is InChI=1S/C20H24Cl2N6O2/c1-20(2,30)11-28-18(22)16(10-24-28)26-19-23-9-12-7-14(21)17(8-15(12)25-19)27-5-3-13(29)4-6-27/h7-10,13,29-30H,3-6,11H2,1-2H3,(H,23,25,26). The third-order valence-electron chi connectivity index (χ3n) is 5.01. The Bertz CT molecular complexity index is 1060. The van der Waals surface area contributed by atoms with Crippen molar-refractivity contribution in [3.8, 4) is 0 Å². The van der Waals surface area contributed by atoms with Gasteiger partial charge < -0.3 is 20.4 Å². The van der Waals surface area contributed by atoms with Crippen molar-refractivity contribution >= 4 is 51.4 Å². The number of nitrogens with one attached hydrogen (secondary N) is 1. The van der Waals surface area contributed by atoms with Gasteiger partial charge in [-0.25, -0.2) is 14.6 Å². The zero-order valence-corrected chi connectivity index (χ0v) is 18.3. The second-order valence-corrected chi connectivity index (χ2v) is 8.98. The first-order valence-electron chi connectivity index (χ1n) is 9.79. The summed E-state index contributed by atoms with van der Waals surface area (Å²) < 4.78 is 1.52. The molecule has 0 spiro atoms. The topological polar surface area (TPSA) is 99.3 Å². The van der Waals surface area contributed by atoms with Gasteiger partial charge in [0.1, 0.15) is 0 Å². The van der Waals surface area contributed by atoms with Crippen molar-refractivity contribution in [2.24, 2.45) is 0 Å². The number of aliphatic hydroxyl groups is 2. The summed E-state index contributed by atoms with van der Waals surface area (Å²) in [7, 11) is 0. The van der Waals surface area contributed by atoms with E-state index in [2.05, 4.69) is 25.3 Å². The summed E-state index contributed by atoms with van der Waals surface area (Å²) in [6.07, 6.45) is 4.47. The van der Waals surface area contributed by atoms with Crippen molar-refractivity contribution in [1.82, 2.24) is 19.7 Å². The molecular formula is C20H24Cl2N6O2. The Morgan fingerprint density at radius 3 is 2.63 bits per heavy atom. The molecule has 0 unspecified atom stereocenters. The van der Waals surface area contributed by atoms with Gasteiger partial charge in [-0.05, 0) is 38.8 Å². The van der Waals surface area contributed by atoms with Crippen LogP contribution in [0.2, 0.25) is 10.2 Å². The maximum Gasteiger partial charge on any atom is 0.227 e. The fourth-order valence-corrected chi connectivity index (χ4v) is 3.99. The van der Waals surface area contributed by atoms with Crippen molar-refractivity contribution in [3.63, 3.8) is 0 Å². The maximum atomic E-state index is 9.99. The maximum absolute atomic E-state index is 9.99. The number of hydrogen-bond acceptors (Lipinski definition) is 7. The van der Waals surface area contributed by atoms with Gasteiger partial charge in [-0.1, -0.05) is 23.2 Å². The molecule has 0 atom stereocenters. The van der Waals surface area contributed by atoms with E-state index in [1.807, 2.05) is 12.1 Å². The van der Waals surface area contributed by atoms with Gasteiger partial charge in [-0.15, -0.1) is 0 Å². The normalized spacial score (nSPS) is 15.7. The van der Waals surface area contributed by atoms with E-state index >= 15 is 0 Å².